The van der Waals surface area contributed by atoms with Crippen molar-refractivity contribution >= 4 is 33.2 Å². The van der Waals surface area contributed by atoms with Crippen LogP contribution in [-0.4, -0.2) is 25.7 Å². The van der Waals surface area contributed by atoms with Crippen LogP contribution in [-0.2, 0) is 9.53 Å². The minimum atomic E-state index is -0.435. The Morgan fingerprint density at radius 1 is 1.69 bits per heavy atom. The molecule has 1 unspecified atom stereocenters. The summed E-state index contributed by atoms with van der Waals surface area (Å²) in [6, 6.07) is 4.40. The predicted molar refractivity (Wildman–Crippen MR) is 68.5 cm³/mol. The minimum Gasteiger partial charge on any atom is -0.370 e. The van der Waals surface area contributed by atoms with Crippen molar-refractivity contribution in [1.82, 2.24) is 5.32 Å². The van der Waals surface area contributed by atoms with Crippen LogP contribution in [0.3, 0.4) is 0 Å². The van der Waals surface area contributed by atoms with E-state index in [1.54, 1.807) is 11.3 Å². The van der Waals surface area contributed by atoms with Gasteiger partial charge in [0, 0.05) is 17.5 Å². The molecule has 3 N–H and O–H groups in total. The Hall–Kier alpha value is -0.430. The van der Waals surface area contributed by atoms with E-state index in [1.165, 1.54) is 4.88 Å². The van der Waals surface area contributed by atoms with Gasteiger partial charge in [0.1, 0.15) is 6.61 Å². The van der Waals surface area contributed by atoms with Crippen molar-refractivity contribution in [3.05, 3.63) is 20.8 Å². The molecule has 16 heavy (non-hydrogen) atoms. The second-order valence-corrected chi connectivity index (χ2v) is 5.83. The van der Waals surface area contributed by atoms with E-state index in [0.717, 1.165) is 3.79 Å². The van der Waals surface area contributed by atoms with Crippen molar-refractivity contribution in [2.45, 2.75) is 13.0 Å². The molecular formula is C10H15BrN2O2S. The maximum absolute atomic E-state index is 10.4. The Kier molecular flexibility index (Phi) is 5.97. The molecule has 0 aliphatic rings. The molecule has 1 amide bonds. The normalized spacial score (nSPS) is 12.6. The number of thiophene rings is 1. The van der Waals surface area contributed by atoms with Gasteiger partial charge in [0.2, 0.25) is 5.91 Å². The molecule has 1 heterocycles. The van der Waals surface area contributed by atoms with Gasteiger partial charge in [0.25, 0.3) is 0 Å². The lowest BCUT2D eigenvalue weighted by Crippen LogP contribution is -2.25. The second-order valence-electron chi connectivity index (χ2n) is 3.34. The molecule has 1 aromatic heterocycles. The predicted octanol–water partition coefficient (Wildman–Crippen LogP) is 1.66. The molecule has 0 spiro atoms. The zero-order chi connectivity index (χ0) is 12.0. The molecule has 0 saturated heterocycles. The van der Waals surface area contributed by atoms with Crippen LogP contribution in [0.5, 0.6) is 0 Å². The molecule has 6 heteroatoms. The van der Waals surface area contributed by atoms with Crippen LogP contribution in [0.15, 0.2) is 15.9 Å². The van der Waals surface area contributed by atoms with Gasteiger partial charge >= 0.3 is 0 Å². The number of primary amides is 1. The quantitative estimate of drug-likeness (QED) is 0.753. The van der Waals surface area contributed by atoms with E-state index in [2.05, 4.69) is 34.2 Å². The molecule has 90 valence electrons. The van der Waals surface area contributed by atoms with E-state index in [1.807, 2.05) is 6.07 Å². The third-order valence-electron chi connectivity index (χ3n) is 1.96. The van der Waals surface area contributed by atoms with Gasteiger partial charge in [-0.3, -0.25) is 4.79 Å². The third kappa shape index (κ3) is 5.07. The zero-order valence-electron chi connectivity index (χ0n) is 9.03. The van der Waals surface area contributed by atoms with Crippen LogP contribution >= 0.6 is 27.3 Å². The first-order valence-electron chi connectivity index (χ1n) is 4.94. The minimum absolute atomic E-state index is 0.0133. The Labute approximate surface area is 107 Å². The van der Waals surface area contributed by atoms with Crippen molar-refractivity contribution in [2.75, 3.05) is 19.8 Å². The van der Waals surface area contributed by atoms with Crippen LogP contribution in [0.2, 0.25) is 0 Å². The number of amides is 1. The highest BCUT2D eigenvalue weighted by molar-refractivity contribution is 9.11. The highest BCUT2D eigenvalue weighted by Gasteiger charge is 2.06. The third-order valence-corrected chi connectivity index (χ3v) is 3.77. The summed E-state index contributed by atoms with van der Waals surface area (Å²) in [6.07, 6.45) is 0. The highest BCUT2D eigenvalue weighted by atomic mass is 79.9. The topological polar surface area (TPSA) is 64.3 Å². The van der Waals surface area contributed by atoms with Crippen molar-refractivity contribution in [2.24, 2.45) is 5.73 Å². The number of carbonyl (C=O) groups excluding carboxylic acids is 1. The summed E-state index contributed by atoms with van der Waals surface area (Å²) in [7, 11) is 0. The van der Waals surface area contributed by atoms with Gasteiger partial charge in [-0.15, -0.1) is 11.3 Å². The molecule has 0 bridgehead atoms. The highest BCUT2D eigenvalue weighted by Crippen LogP contribution is 2.26. The Bertz CT molecular complexity index is 343. The summed E-state index contributed by atoms with van der Waals surface area (Å²) < 4.78 is 6.17. The monoisotopic (exact) mass is 306 g/mol. The number of nitrogens with two attached hydrogens (primary N) is 1. The summed E-state index contributed by atoms with van der Waals surface area (Å²) in [4.78, 5) is 11.7. The van der Waals surface area contributed by atoms with E-state index in [-0.39, 0.29) is 12.6 Å². The summed E-state index contributed by atoms with van der Waals surface area (Å²) in [6.45, 7) is 3.26. The largest absolute Gasteiger partial charge is 0.370 e. The van der Waals surface area contributed by atoms with E-state index in [9.17, 15) is 4.79 Å². The van der Waals surface area contributed by atoms with Crippen LogP contribution in [0, 0.1) is 0 Å². The molecule has 4 nitrogen and oxygen atoms in total. The summed E-state index contributed by atoms with van der Waals surface area (Å²) in [5.74, 6) is -0.435. The molecule has 0 aliphatic heterocycles. The Balaban J connectivity index is 2.15. The number of hydrogen-bond donors (Lipinski definition) is 2. The lowest BCUT2D eigenvalue weighted by molar-refractivity contribution is -0.122. The number of rotatable bonds is 7. The van der Waals surface area contributed by atoms with Crippen molar-refractivity contribution in [3.63, 3.8) is 0 Å². The summed E-state index contributed by atoms with van der Waals surface area (Å²) >= 11 is 5.13. The molecule has 0 aliphatic carbocycles. The van der Waals surface area contributed by atoms with Crippen LogP contribution in [0.25, 0.3) is 0 Å². The SMILES string of the molecule is CC(NCCOCC(N)=O)c1ccc(Br)s1. The maximum atomic E-state index is 10.4. The van der Waals surface area contributed by atoms with Gasteiger partial charge in [0.15, 0.2) is 0 Å². The molecular weight excluding hydrogens is 292 g/mol. The van der Waals surface area contributed by atoms with Gasteiger partial charge in [-0.05, 0) is 35.0 Å². The molecule has 0 fully saturated rings. The van der Waals surface area contributed by atoms with Crippen LogP contribution < -0.4 is 11.1 Å². The molecule has 1 rings (SSSR count). The first-order chi connectivity index (χ1) is 7.59. The number of carbonyl (C=O) groups is 1. The first kappa shape index (κ1) is 13.6. The lowest BCUT2D eigenvalue weighted by atomic mass is 10.3. The fraction of sp³-hybridized carbons (Fsp3) is 0.500. The fourth-order valence-electron chi connectivity index (χ4n) is 1.18. The van der Waals surface area contributed by atoms with Gasteiger partial charge in [0.05, 0.1) is 10.4 Å². The standard InChI is InChI=1S/C10H15BrN2O2S/c1-7(8-2-3-9(11)16-8)13-4-5-15-6-10(12)14/h2-3,7,13H,4-6H2,1H3,(H2,12,14). The molecule has 0 saturated carbocycles. The van der Waals surface area contributed by atoms with Crippen LogP contribution in [0.4, 0.5) is 0 Å². The molecule has 1 aromatic rings. The van der Waals surface area contributed by atoms with Gasteiger partial charge in [-0.25, -0.2) is 0 Å². The van der Waals surface area contributed by atoms with E-state index >= 15 is 0 Å². The first-order valence-corrected chi connectivity index (χ1v) is 6.55. The Morgan fingerprint density at radius 2 is 2.44 bits per heavy atom. The average Bonchev–Trinajstić information content (AvgIpc) is 2.63. The zero-order valence-corrected chi connectivity index (χ0v) is 11.4. The van der Waals surface area contributed by atoms with Gasteiger partial charge < -0.3 is 15.8 Å². The van der Waals surface area contributed by atoms with Crippen molar-refractivity contribution in [1.29, 1.82) is 0 Å². The van der Waals surface area contributed by atoms with Gasteiger partial charge in [-0.1, -0.05) is 0 Å². The number of ether oxygens (including phenoxy) is 1. The second kappa shape index (κ2) is 7.01. The molecule has 0 radical (unpaired) electrons. The lowest BCUT2D eigenvalue weighted by Gasteiger charge is -2.11. The summed E-state index contributed by atoms with van der Waals surface area (Å²) in [5, 5.41) is 3.30. The maximum Gasteiger partial charge on any atom is 0.243 e. The average molecular weight is 307 g/mol. The van der Waals surface area contributed by atoms with Crippen molar-refractivity contribution in [3.8, 4) is 0 Å². The number of nitrogens with one attached hydrogen (secondary N) is 1. The van der Waals surface area contributed by atoms with E-state index in [4.69, 9.17) is 10.5 Å². The van der Waals surface area contributed by atoms with Crippen LogP contribution in [0.1, 0.15) is 17.8 Å². The van der Waals surface area contributed by atoms with Gasteiger partial charge in [-0.2, -0.15) is 0 Å². The Morgan fingerprint density at radius 3 is 3.00 bits per heavy atom. The fourth-order valence-corrected chi connectivity index (χ4v) is 2.63. The molecule has 0 aromatic carbocycles. The van der Waals surface area contributed by atoms with Crippen molar-refractivity contribution < 1.29 is 9.53 Å². The number of halogens is 1. The summed E-state index contributed by atoms with van der Waals surface area (Å²) in [5.41, 5.74) is 4.94. The number of hydrogen-bond acceptors (Lipinski definition) is 4. The molecule has 1 atom stereocenters. The van der Waals surface area contributed by atoms with E-state index in [0.29, 0.717) is 13.2 Å². The smallest absolute Gasteiger partial charge is 0.243 e. The van der Waals surface area contributed by atoms with E-state index < -0.39 is 5.91 Å².